The van der Waals surface area contributed by atoms with Crippen LogP contribution >= 0.6 is 0 Å². The molecule has 1 spiro atoms. The Morgan fingerprint density at radius 1 is 0.415 bits per heavy atom. The third-order valence-electron chi connectivity index (χ3n) is 15.1. The third-order valence-corrected chi connectivity index (χ3v) is 15.1. The molecule has 1 saturated heterocycles. The van der Waals surface area contributed by atoms with Crippen LogP contribution < -0.4 is 37.6 Å². The molecule has 6 aliphatic rings. The predicted octanol–water partition coefficient (Wildman–Crippen LogP) is 25.5. The second-order valence-corrected chi connectivity index (χ2v) is 50.7. The number of pyridine rings is 5. The van der Waals surface area contributed by atoms with Gasteiger partial charge in [-0.25, -0.2) is 15.0 Å². The minimum Gasteiger partial charge on any atom is -0.524 e. The fourth-order valence-electron chi connectivity index (χ4n) is 10.7. The molecule has 0 radical (unpaired) electrons. The maximum atomic E-state index is 10.9. The number of aliphatic hydroxyl groups is 4. The number of benzene rings is 1. The Balaban J connectivity index is -0.000000441. The number of nitrogens with zero attached hydrogens (tertiary/aromatic N) is 5. The number of Topliss-reactive ketones (excluding diaryl/α,β-unsaturated/α-hetero) is 2. The number of aliphatic hydroxyl groups excluding tert-OH is 3. The van der Waals surface area contributed by atoms with Crippen LogP contribution in [0.4, 0.5) is 23.3 Å². The Morgan fingerprint density at radius 3 is 1.05 bits per heavy atom. The van der Waals surface area contributed by atoms with E-state index in [9.17, 15) is 19.8 Å². The van der Waals surface area contributed by atoms with Gasteiger partial charge in [0.15, 0.2) is 5.72 Å². The number of rotatable bonds is 7. The van der Waals surface area contributed by atoms with Crippen molar-refractivity contribution in [2.45, 2.75) is 391 Å². The van der Waals surface area contributed by atoms with Crippen LogP contribution in [-0.2, 0) is 18.9 Å². The summed E-state index contributed by atoms with van der Waals surface area (Å²) in [7, 11) is -1.45. The summed E-state index contributed by atoms with van der Waals surface area (Å²) in [6.45, 7) is 86.7. The topological polar surface area (TPSA) is 306 Å². The number of nitrogens with two attached hydrogens (primary N) is 2. The number of hydrogen-bond acceptors (Lipinski definition) is 18. The van der Waals surface area contributed by atoms with E-state index in [-0.39, 0.29) is 60.5 Å². The molecule has 7 heterocycles. The van der Waals surface area contributed by atoms with Gasteiger partial charge in [0, 0.05) is 86.6 Å². The van der Waals surface area contributed by atoms with Crippen molar-refractivity contribution in [1.82, 2.24) is 19.9 Å². The molecule has 19 nitrogen and oxygen atoms in total. The van der Waals surface area contributed by atoms with E-state index in [0.717, 1.165) is 82.1 Å². The fraction of sp³-hybridized carbons (Fsp3) is 0.697. The van der Waals surface area contributed by atoms with Gasteiger partial charge in [-0.1, -0.05) is 363 Å². The molecule has 130 heavy (non-hydrogen) atoms. The van der Waals surface area contributed by atoms with Crippen LogP contribution in [0.15, 0.2) is 152 Å². The number of ketones is 2. The van der Waals surface area contributed by atoms with Crippen LogP contribution in [0.2, 0.25) is 0 Å². The summed E-state index contributed by atoms with van der Waals surface area (Å²) in [6, 6.07) is 38.0. The van der Waals surface area contributed by atoms with Crippen LogP contribution in [-0.4, -0.2) is 114 Å². The summed E-state index contributed by atoms with van der Waals surface area (Å²) in [6.07, 6.45) is 24.3. The summed E-state index contributed by atoms with van der Waals surface area (Å²) >= 11 is 0. The maximum absolute atomic E-state index is 10.9. The standard InChI is InChI=1S/C18H21BN2O2.C12H18N2O2.2C7H12O2.C5H6BNO2.2C5H6N2.10C5H12/c1-2-9-16(10-3-1)19-21-13-7-5-11-17(21)20-18(23-19)12-6-4-8-15(18)14-22-19;15-9-10-5-1-3-7-12(10,16)14-11-6-2-4-8-13-11;2*8-5-6-3-1-2-4-7(6)9;8-6(9)5-3-1-2-4-7-5;2*6-5-3-1-2-4-7-5;10*1-5(2,3)4/h1-3,5,7,9-11,13,15,20H,4,6,8,12,14H2;2,4,6,8,10,15-16H,1,3,5,7,9H2,(H,13,14);2*6,8H,1-5H2;1-4,8-9H;2*1-4H,(H2,6,7);10*1-4H3. The van der Waals surface area contributed by atoms with Gasteiger partial charge in [0.05, 0.1) is 25.4 Å². The highest BCUT2D eigenvalue weighted by atomic mass is 16.7. The zero-order valence-electron chi connectivity index (χ0n) is 90.7. The second-order valence-electron chi connectivity index (χ2n) is 50.7. The molecule has 1 aromatic carbocycles. The average Bonchev–Trinajstić information content (AvgIpc) is 0.706. The summed E-state index contributed by atoms with van der Waals surface area (Å²) in [4.78, 5) is 37.1. The van der Waals surface area contributed by atoms with Gasteiger partial charge < -0.3 is 61.0 Å². The summed E-state index contributed by atoms with van der Waals surface area (Å²) in [5.41, 5.74) is 15.6. The van der Waals surface area contributed by atoms with Gasteiger partial charge in [0.1, 0.15) is 34.7 Å². The van der Waals surface area contributed by atoms with E-state index in [4.69, 9.17) is 41.0 Å². The minimum atomic E-state index is -1.69. The summed E-state index contributed by atoms with van der Waals surface area (Å²) in [5, 5.41) is 60.8. The molecule has 7 unspecified atom stereocenters. The smallest absolute Gasteiger partial charge is 0.508 e. The second kappa shape index (κ2) is 65.1. The first-order chi connectivity index (χ1) is 58.8. The number of hydrogen-bond donors (Lipinski definition) is 10. The lowest BCUT2D eigenvalue weighted by Crippen LogP contribution is -2.85. The summed E-state index contributed by atoms with van der Waals surface area (Å²) in [5.74, 6) is 3.65. The van der Waals surface area contributed by atoms with E-state index >= 15 is 0 Å². The first kappa shape index (κ1) is 132. The zero-order valence-corrected chi connectivity index (χ0v) is 90.7. The minimum absolute atomic E-state index is 0.0103. The van der Waals surface area contributed by atoms with Gasteiger partial charge in [-0.3, -0.25) is 19.9 Å². The Morgan fingerprint density at radius 2 is 0.754 bits per heavy atom. The van der Waals surface area contributed by atoms with E-state index in [2.05, 4.69) is 355 Å². The van der Waals surface area contributed by atoms with E-state index < -0.39 is 19.5 Å². The van der Waals surface area contributed by atoms with Gasteiger partial charge >= 0.3 is 13.8 Å². The molecule has 21 heteroatoms. The van der Waals surface area contributed by atoms with Gasteiger partial charge in [-0.2, -0.15) is 0 Å². The molecule has 12 N–H and O–H groups in total. The highest BCUT2D eigenvalue weighted by Crippen LogP contribution is 2.45. The molecule has 12 rings (SSSR count). The van der Waals surface area contributed by atoms with Crippen molar-refractivity contribution in [2.75, 3.05) is 48.5 Å². The van der Waals surface area contributed by atoms with Crippen LogP contribution in [0, 0.1) is 77.8 Å². The van der Waals surface area contributed by atoms with Crippen LogP contribution in [0.1, 0.15) is 380 Å². The lowest BCUT2D eigenvalue weighted by Gasteiger charge is -2.59. The van der Waals surface area contributed by atoms with Gasteiger partial charge in [-0.15, -0.1) is 5.46 Å². The largest absolute Gasteiger partial charge is 0.524 e. The van der Waals surface area contributed by atoms with Gasteiger partial charge in [0.2, 0.25) is 5.82 Å². The molecule has 748 valence electrons. The Labute approximate surface area is 798 Å². The van der Waals surface area contributed by atoms with E-state index in [1.54, 1.807) is 48.9 Å². The number of carbonyl (C=O) groups excluding carboxylic acids is 2. The van der Waals surface area contributed by atoms with Gasteiger partial charge in [-0.05, 0) is 167 Å². The third kappa shape index (κ3) is 91.8. The number of fused-ring (bicyclic) bond motifs is 3. The van der Waals surface area contributed by atoms with Crippen LogP contribution in [0.5, 0.6) is 0 Å². The molecule has 0 amide bonds. The van der Waals surface area contributed by atoms with Crippen molar-refractivity contribution < 1.29 is 53.9 Å². The lowest BCUT2D eigenvalue weighted by atomic mass is 9.59. The first-order valence-electron chi connectivity index (χ1n) is 48.1. The average molecular weight is 1820 g/mol. The van der Waals surface area contributed by atoms with Crippen molar-refractivity contribution in [3.63, 3.8) is 0 Å². The predicted molar refractivity (Wildman–Crippen MR) is 562 cm³/mol. The Kier molecular flexibility index (Phi) is 66.0. The number of nitrogens with one attached hydrogen (secondary N) is 2. The van der Waals surface area contributed by atoms with Crippen molar-refractivity contribution >= 4 is 59.7 Å². The molecule has 2 aliphatic heterocycles. The zero-order chi connectivity index (χ0) is 102. The number of aromatic nitrogens is 5. The van der Waals surface area contributed by atoms with Crippen molar-refractivity contribution in [3.05, 3.63) is 152 Å². The molecule has 6 aromatic rings. The number of carbonyl (C=O) groups is 2. The highest BCUT2D eigenvalue weighted by Gasteiger charge is 2.60. The highest BCUT2D eigenvalue weighted by molar-refractivity contribution is 6.74. The molecular weight excluding hydrogens is 1620 g/mol. The molecule has 2 bridgehead atoms. The maximum Gasteiger partial charge on any atom is 0.508 e. The van der Waals surface area contributed by atoms with Crippen LogP contribution in [0.25, 0.3) is 0 Å². The SMILES string of the molecule is CC(C)(C)C.CC(C)(C)C.CC(C)(C)C.CC(C)(C)C.CC(C)(C)C.CC(C)(C)C.CC(C)(C)C.CC(C)(C)C.CC(C)(C)C.CC(C)(C)C.Nc1ccccn1.Nc1ccccn1.O=C1CCCCC1CO.O=C1CCCCC1CO.OB(O)c1ccccn1.OCC1CCCCC1(O)Nc1ccccn1.c1ccc([B-]23OCC4CCCCC4(Nc4cccc[n+]42)O3)cc1. The summed E-state index contributed by atoms with van der Waals surface area (Å²) < 4.78 is 15.4. The van der Waals surface area contributed by atoms with Crippen molar-refractivity contribution in [1.29, 1.82) is 0 Å². The molecule has 7 atom stereocenters. The van der Waals surface area contributed by atoms with E-state index in [0.29, 0.717) is 96.8 Å². The number of nitrogen functional groups attached to an aromatic ring is 2. The molecule has 4 saturated carbocycles. The molecular formula is C109H201B2N9O10. The quantitative estimate of drug-likeness (QED) is 0.0525. The number of anilines is 4. The fourth-order valence-corrected chi connectivity index (χ4v) is 10.7. The molecule has 4 aliphatic carbocycles. The van der Waals surface area contributed by atoms with Crippen LogP contribution in [0.3, 0.4) is 0 Å². The monoisotopic (exact) mass is 1820 g/mol. The molecule has 5 aromatic heterocycles. The lowest BCUT2D eigenvalue weighted by molar-refractivity contribution is -0.576. The van der Waals surface area contributed by atoms with Crippen molar-refractivity contribution in [3.8, 4) is 0 Å². The molecule has 5 fully saturated rings. The Hall–Kier alpha value is -6.68. The normalized spacial score (nSPS) is 20.0. The first-order valence-corrected chi connectivity index (χ1v) is 48.1. The van der Waals surface area contributed by atoms with E-state index in [1.807, 2.05) is 54.6 Å². The van der Waals surface area contributed by atoms with Crippen molar-refractivity contribution in [2.24, 2.45) is 77.8 Å². The Bertz CT molecular complexity index is 3400. The van der Waals surface area contributed by atoms with E-state index in [1.165, 1.54) is 25.5 Å². The van der Waals surface area contributed by atoms with Gasteiger partial charge in [0.25, 0.3) is 0 Å².